The molecule has 3 saturated heterocycles. The molecular weight excluding hydrogens is 354 g/mol. The van der Waals surface area contributed by atoms with Crippen molar-refractivity contribution in [1.82, 2.24) is 10.2 Å². The van der Waals surface area contributed by atoms with Crippen molar-refractivity contribution in [2.24, 2.45) is 11.8 Å². The first-order valence-electron chi connectivity index (χ1n) is 10.6. The molecular formula is C22H31N3O3. The van der Waals surface area contributed by atoms with Gasteiger partial charge in [-0.2, -0.15) is 0 Å². The molecule has 3 atom stereocenters. The van der Waals surface area contributed by atoms with Gasteiger partial charge in [-0.05, 0) is 56.8 Å². The molecule has 2 amide bonds. The van der Waals surface area contributed by atoms with E-state index in [1.54, 1.807) is 12.0 Å². The number of nitrogens with one attached hydrogen (secondary N) is 1. The number of hydrogen-bond acceptors (Lipinski definition) is 4. The second kappa shape index (κ2) is 8.52. The average molecular weight is 386 g/mol. The van der Waals surface area contributed by atoms with Gasteiger partial charge in [-0.3, -0.25) is 9.59 Å². The molecule has 1 N–H and O–H groups in total. The van der Waals surface area contributed by atoms with E-state index >= 15 is 0 Å². The highest BCUT2D eigenvalue weighted by Crippen LogP contribution is 2.31. The third-order valence-corrected chi connectivity index (χ3v) is 6.63. The Balaban J connectivity index is 1.33. The summed E-state index contributed by atoms with van der Waals surface area (Å²) in [5.41, 5.74) is 0.796. The minimum absolute atomic E-state index is 0.00419. The summed E-state index contributed by atoms with van der Waals surface area (Å²) in [5.74, 6) is 1.01. The van der Waals surface area contributed by atoms with E-state index < -0.39 is 0 Å². The molecule has 0 radical (unpaired) electrons. The first kappa shape index (κ1) is 19.2. The summed E-state index contributed by atoms with van der Waals surface area (Å²) in [7, 11) is 1.61. The molecule has 3 aliphatic heterocycles. The quantitative estimate of drug-likeness (QED) is 0.846. The molecule has 0 aliphatic carbocycles. The Kier molecular flexibility index (Phi) is 5.85. The molecule has 3 heterocycles. The van der Waals surface area contributed by atoms with Crippen LogP contribution in [0.15, 0.2) is 24.3 Å². The lowest BCUT2D eigenvalue weighted by molar-refractivity contribution is -0.126. The highest BCUT2D eigenvalue weighted by atomic mass is 16.5. The summed E-state index contributed by atoms with van der Waals surface area (Å²) in [4.78, 5) is 29.6. The average Bonchev–Trinajstić information content (AvgIpc) is 3.13. The Hall–Kier alpha value is -2.08. The molecule has 0 unspecified atom stereocenters. The largest absolute Gasteiger partial charge is 0.497 e. The molecule has 28 heavy (non-hydrogen) atoms. The fraction of sp³-hybridized carbons (Fsp3) is 0.636. The van der Waals surface area contributed by atoms with Crippen LogP contribution in [0.3, 0.4) is 0 Å². The Bertz CT molecular complexity index is 721. The molecule has 0 spiro atoms. The van der Waals surface area contributed by atoms with Crippen LogP contribution in [0.4, 0.5) is 5.69 Å². The van der Waals surface area contributed by atoms with Crippen LogP contribution in [-0.4, -0.2) is 56.0 Å². The topological polar surface area (TPSA) is 61.9 Å². The molecule has 1 aromatic rings. The summed E-state index contributed by atoms with van der Waals surface area (Å²) in [6.07, 6.45) is 6.57. The molecule has 6 nitrogen and oxygen atoms in total. The van der Waals surface area contributed by atoms with E-state index in [4.69, 9.17) is 4.74 Å². The number of benzene rings is 1. The van der Waals surface area contributed by atoms with E-state index in [2.05, 4.69) is 10.2 Å². The van der Waals surface area contributed by atoms with Crippen molar-refractivity contribution >= 4 is 17.5 Å². The highest BCUT2D eigenvalue weighted by molar-refractivity contribution is 6.00. The minimum Gasteiger partial charge on any atom is -0.497 e. The molecule has 3 aliphatic rings. The first-order chi connectivity index (χ1) is 13.7. The Morgan fingerprint density at radius 1 is 1.21 bits per heavy atom. The molecule has 0 bridgehead atoms. The van der Waals surface area contributed by atoms with Crippen molar-refractivity contribution in [1.29, 1.82) is 0 Å². The van der Waals surface area contributed by atoms with Gasteiger partial charge in [0.15, 0.2) is 0 Å². The zero-order valence-corrected chi connectivity index (χ0v) is 16.7. The fourth-order valence-electron chi connectivity index (χ4n) is 5.10. The predicted molar refractivity (Wildman–Crippen MR) is 108 cm³/mol. The monoisotopic (exact) mass is 385 g/mol. The number of fused-ring (bicyclic) bond motifs is 1. The summed E-state index contributed by atoms with van der Waals surface area (Å²) in [6, 6.07) is 8.08. The fourth-order valence-corrected chi connectivity index (χ4v) is 5.10. The van der Waals surface area contributed by atoms with Crippen molar-refractivity contribution in [3.63, 3.8) is 0 Å². The molecule has 6 heteroatoms. The number of rotatable bonds is 5. The van der Waals surface area contributed by atoms with Gasteiger partial charge in [0.2, 0.25) is 11.8 Å². The maximum Gasteiger partial charge on any atom is 0.227 e. The van der Waals surface area contributed by atoms with Crippen molar-refractivity contribution in [2.75, 3.05) is 38.2 Å². The van der Waals surface area contributed by atoms with Gasteiger partial charge in [0.25, 0.3) is 0 Å². The van der Waals surface area contributed by atoms with Crippen molar-refractivity contribution in [2.45, 2.75) is 44.6 Å². The van der Waals surface area contributed by atoms with Gasteiger partial charge in [-0.1, -0.05) is 12.5 Å². The Morgan fingerprint density at radius 3 is 2.93 bits per heavy atom. The van der Waals surface area contributed by atoms with Crippen LogP contribution in [0.1, 0.15) is 38.5 Å². The van der Waals surface area contributed by atoms with Crippen LogP contribution in [0.5, 0.6) is 5.75 Å². The smallest absolute Gasteiger partial charge is 0.227 e. The first-order valence-corrected chi connectivity index (χ1v) is 10.6. The summed E-state index contributed by atoms with van der Waals surface area (Å²) >= 11 is 0. The normalized spacial score (nSPS) is 28.1. The second-order valence-electron chi connectivity index (χ2n) is 8.35. The van der Waals surface area contributed by atoms with Gasteiger partial charge in [0.1, 0.15) is 5.75 Å². The van der Waals surface area contributed by atoms with E-state index in [1.807, 2.05) is 24.3 Å². The number of hydrogen-bond donors (Lipinski definition) is 1. The third kappa shape index (κ3) is 4.02. The third-order valence-electron chi connectivity index (χ3n) is 6.63. The molecule has 0 aromatic heterocycles. The maximum absolute atomic E-state index is 12.8. The molecule has 152 valence electrons. The van der Waals surface area contributed by atoms with Crippen LogP contribution >= 0.6 is 0 Å². The zero-order valence-electron chi connectivity index (χ0n) is 16.7. The number of ether oxygens (including phenoxy) is 1. The van der Waals surface area contributed by atoms with E-state index in [0.29, 0.717) is 24.3 Å². The lowest BCUT2D eigenvalue weighted by atomic mass is 9.83. The van der Waals surface area contributed by atoms with Crippen LogP contribution in [0, 0.1) is 11.8 Å². The number of piperidine rings is 2. The van der Waals surface area contributed by atoms with Crippen molar-refractivity contribution < 1.29 is 14.3 Å². The van der Waals surface area contributed by atoms with Crippen LogP contribution in [0.25, 0.3) is 0 Å². The maximum atomic E-state index is 12.8. The number of carbonyl (C=O) groups is 2. The van der Waals surface area contributed by atoms with Crippen LogP contribution in [-0.2, 0) is 9.59 Å². The summed E-state index contributed by atoms with van der Waals surface area (Å²) in [5, 5.41) is 3.17. The number of anilines is 1. The molecule has 0 saturated carbocycles. The predicted octanol–water partition coefficient (Wildman–Crippen LogP) is 2.43. The van der Waals surface area contributed by atoms with Gasteiger partial charge >= 0.3 is 0 Å². The van der Waals surface area contributed by atoms with Crippen LogP contribution < -0.4 is 15.0 Å². The lowest BCUT2D eigenvalue weighted by Crippen LogP contribution is -2.51. The number of nitrogens with zero attached hydrogens (tertiary/aromatic N) is 2. The Morgan fingerprint density at radius 2 is 2.07 bits per heavy atom. The molecule has 4 rings (SSSR count). The van der Waals surface area contributed by atoms with E-state index in [1.165, 1.54) is 45.2 Å². The Labute approximate surface area is 167 Å². The second-order valence-corrected chi connectivity index (χ2v) is 8.35. The van der Waals surface area contributed by atoms with Crippen molar-refractivity contribution in [3.05, 3.63) is 24.3 Å². The highest BCUT2D eigenvalue weighted by Gasteiger charge is 2.37. The zero-order chi connectivity index (χ0) is 19.5. The van der Waals surface area contributed by atoms with Crippen molar-refractivity contribution in [3.8, 4) is 5.75 Å². The summed E-state index contributed by atoms with van der Waals surface area (Å²) < 4.78 is 5.25. The summed E-state index contributed by atoms with van der Waals surface area (Å²) in [6.45, 7) is 3.60. The van der Waals surface area contributed by atoms with E-state index in [-0.39, 0.29) is 24.2 Å². The number of methoxy groups -OCH3 is 1. The number of amides is 2. The van der Waals surface area contributed by atoms with E-state index in [0.717, 1.165) is 12.2 Å². The lowest BCUT2D eigenvalue weighted by Gasteiger charge is -2.44. The molecule has 1 aromatic carbocycles. The van der Waals surface area contributed by atoms with Gasteiger partial charge in [-0.15, -0.1) is 0 Å². The standard InChI is InChI=1S/C22H31N3O3/c1-28-19-8-4-7-18(13-19)25-15-17(12-21(25)26)22(27)23-14-16-6-5-11-24-10-3-2-9-20(16)24/h4,7-8,13,16-17,20H,2-3,5-6,9-12,14-15H2,1H3,(H,23,27)/t16-,17+,20-/m0/s1. The van der Waals surface area contributed by atoms with Crippen LogP contribution in [0.2, 0.25) is 0 Å². The van der Waals surface area contributed by atoms with Gasteiger partial charge in [-0.25, -0.2) is 0 Å². The molecule has 3 fully saturated rings. The SMILES string of the molecule is COc1cccc(N2C[C@H](C(=O)NC[C@@H]3CCCN4CCCC[C@@H]34)CC2=O)c1. The van der Waals surface area contributed by atoms with Gasteiger partial charge < -0.3 is 19.9 Å². The van der Waals surface area contributed by atoms with E-state index in [9.17, 15) is 9.59 Å². The van der Waals surface area contributed by atoms with Gasteiger partial charge in [0, 0.05) is 37.3 Å². The number of carbonyl (C=O) groups excluding carboxylic acids is 2. The minimum atomic E-state index is -0.273. The van der Waals surface area contributed by atoms with Gasteiger partial charge in [0.05, 0.1) is 13.0 Å².